The molecular formula is C15H21N3O. The van der Waals surface area contributed by atoms with Gasteiger partial charge in [-0.3, -0.25) is 0 Å². The van der Waals surface area contributed by atoms with Gasteiger partial charge in [-0.05, 0) is 50.9 Å². The third-order valence-corrected chi connectivity index (χ3v) is 3.21. The number of nitrogens with zero attached hydrogens (tertiary/aromatic N) is 2. The predicted molar refractivity (Wildman–Crippen MR) is 77.0 cm³/mol. The van der Waals surface area contributed by atoms with E-state index in [1.54, 1.807) is 7.11 Å². The highest BCUT2D eigenvalue weighted by Crippen LogP contribution is 2.27. The van der Waals surface area contributed by atoms with Gasteiger partial charge < -0.3 is 10.5 Å². The fourth-order valence-corrected chi connectivity index (χ4v) is 2.25. The van der Waals surface area contributed by atoms with Crippen molar-refractivity contribution >= 4 is 0 Å². The Morgan fingerprint density at radius 1 is 1.32 bits per heavy atom. The molecule has 1 heterocycles. The van der Waals surface area contributed by atoms with Crippen molar-refractivity contribution in [1.29, 1.82) is 0 Å². The summed E-state index contributed by atoms with van der Waals surface area (Å²) in [5.74, 6) is 0.816. The molecule has 0 aliphatic heterocycles. The van der Waals surface area contributed by atoms with E-state index in [9.17, 15) is 0 Å². The van der Waals surface area contributed by atoms with E-state index in [4.69, 9.17) is 10.5 Å². The monoisotopic (exact) mass is 259 g/mol. The first-order valence-corrected chi connectivity index (χ1v) is 6.57. The van der Waals surface area contributed by atoms with Gasteiger partial charge in [-0.15, -0.1) is 0 Å². The van der Waals surface area contributed by atoms with E-state index in [0.29, 0.717) is 6.54 Å². The van der Waals surface area contributed by atoms with E-state index in [2.05, 4.69) is 24.2 Å². The second-order valence-electron chi connectivity index (χ2n) is 4.72. The smallest absolute Gasteiger partial charge is 0.219 e. The lowest BCUT2D eigenvalue weighted by Gasteiger charge is -2.08. The van der Waals surface area contributed by atoms with Crippen molar-refractivity contribution in [3.8, 4) is 11.6 Å². The molecule has 0 aliphatic rings. The van der Waals surface area contributed by atoms with Crippen molar-refractivity contribution in [2.45, 2.75) is 26.7 Å². The number of aromatic nitrogens is 2. The minimum absolute atomic E-state index is 0.679. The highest BCUT2D eigenvalue weighted by Gasteiger charge is 2.16. The molecule has 2 N–H and O–H groups in total. The maximum absolute atomic E-state index is 5.59. The summed E-state index contributed by atoms with van der Waals surface area (Å²) in [6.07, 6.45) is 1.84. The van der Waals surface area contributed by atoms with E-state index in [-0.39, 0.29) is 0 Å². The van der Waals surface area contributed by atoms with Crippen LogP contribution in [0.5, 0.6) is 5.88 Å². The predicted octanol–water partition coefficient (Wildman–Crippen LogP) is 2.39. The average molecular weight is 259 g/mol. The summed E-state index contributed by atoms with van der Waals surface area (Å²) in [6, 6.07) is 8.23. The maximum atomic E-state index is 5.59. The van der Waals surface area contributed by atoms with Crippen molar-refractivity contribution in [2.75, 3.05) is 13.7 Å². The van der Waals surface area contributed by atoms with Crippen molar-refractivity contribution in [3.05, 3.63) is 41.1 Å². The molecule has 0 unspecified atom stereocenters. The van der Waals surface area contributed by atoms with Gasteiger partial charge in [0.05, 0.1) is 18.5 Å². The number of methoxy groups -OCH3 is 1. The Kier molecular flexibility index (Phi) is 4.22. The summed E-state index contributed by atoms with van der Waals surface area (Å²) >= 11 is 0. The topological polar surface area (TPSA) is 53.1 Å². The molecule has 0 amide bonds. The number of ether oxygens (including phenoxy) is 1. The van der Waals surface area contributed by atoms with Crippen LogP contribution in [0.4, 0.5) is 0 Å². The second kappa shape index (κ2) is 5.89. The number of hydrogen-bond acceptors (Lipinski definition) is 3. The zero-order valence-corrected chi connectivity index (χ0v) is 11.8. The number of aryl methyl sites for hydroxylation is 2. The Balaban J connectivity index is 2.46. The normalized spacial score (nSPS) is 10.7. The molecule has 0 fully saturated rings. The average Bonchev–Trinajstić information content (AvgIpc) is 2.72. The van der Waals surface area contributed by atoms with Crippen LogP contribution in [0, 0.1) is 13.8 Å². The van der Waals surface area contributed by atoms with Gasteiger partial charge in [0.25, 0.3) is 0 Å². The summed E-state index contributed by atoms with van der Waals surface area (Å²) in [5, 5.41) is 4.60. The highest BCUT2D eigenvalue weighted by molar-refractivity contribution is 5.42. The van der Waals surface area contributed by atoms with E-state index in [1.807, 2.05) is 23.7 Å². The molecule has 0 atom stereocenters. The summed E-state index contributed by atoms with van der Waals surface area (Å²) in [7, 11) is 1.69. The summed E-state index contributed by atoms with van der Waals surface area (Å²) < 4.78 is 7.42. The van der Waals surface area contributed by atoms with Crippen LogP contribution in [0.3, 0.4) is 0 Å². The standard InChI is InChI=1S/C15H21N3O/c1-11-6-4-7-13(10-11)18-15(19-3)14(8-5-9-16)12(2)17-18/h4,6-7,10H,5,8-9,16H2,1-3H3. The zero-order valence-electron chi connectivity index (χ0n) is 11.8. The summed E-state index contributed by atoms with van der Waals surface area (Å²) in [5.41, 5.74) is 9.97. The molecule has 4 heteroatoms. The Labute approximate surface area is 114 Å². The lowest BCUT2D eigenvalue weighted by atomic mass is 10.1. The lowest BCUT2D eigenvalue weighted by Crippen LogP contribution is -2.03. The quantitative estimate of drug-likeness (QED) is 0.897. The third-order valence-electron chi connectivity index (χ3n) is 3.21. The van der Waals surface area contributed by atoms with Crippen LogP contribution < -0.4 is 10.5 Å². The van der Waals surface area contributed by atoms with Crippen LogP contribution in [0.25, 0.3) is 5.69 Å². The van der Waals surface area contributed by atoms with Crippen LogP contribution in [0.15, 0.2) is 24.3 Å². The Bertz CT molecular complexity index is 561. The van der Waals surface area contributed by atoms with Gasteiger partial charge in [0.2, 0.25) is 5.88 Å². The molecule has 1 aromatic carbocycles. The molecular weight excluding hydrogens is 238 g/mol. The molecule has 0 radical (unpaired) electrons. The summed E-state index contributed by atoms with van der Waals surface area (Å²) in [6.45, 7) is 4.76. The van der Waals surface area contributed by atoms with E-state index >= 15 is 0 Å². The fourth-order valence-electron chi connectivity index (χ4n) is 2.25. The van der Waals surface area contributed by atoms with Gasteiger partial charge in [-0.1, -0.05) is 12.1 Å². The molecule has 102 valence electrons. The number of rotatable bonds is 5. The Hall–Kier alpha value is -1.81. The van der Waals surface area contributed by atoms with E-state index in [1.165, 1.54) is 5.56 Å². The van der Waals surface area contributed by atoms with E-state index < -0.39 is 0 Å². The van der Waals surface area contributed by atoms with Crippen molar-refractivity contribution < 1.29 is 4.74 Å². The number of benzene rings is 1. The number of hydrogen-bond donors (Lipinski definition) is 1. The molecule has 2 rings (SSSR count). The molecule has 19 heavy (non-hydrogen) atoms. The van der Waals surface area contributed by atoms with Crippen LogP contribution in [0.2, 0.25) is 0 Å². The van der Waals surface area contributed by atoms with Crippen molar-refractivity contribution in [3.63, 3.8) is 0 Å². The first kappa shape index (κ1) is 13.6. The fraction of sp³-hybridized carbons (Fsp3) is 0.400. The van der Waals surface area contributed by atoms with Crippen molar-refractivity contribution in [2.24, 2.45) is 5.73 Å². The molecule has 0 bridgehead atoms. The minimum atomic E-state index is 0.679. The first-order chi connectivity index (χ1) is 9.17. The molecule has 0 saturated heterocycles. The number of nitrogens with two attached hydrogens (primary N) is 1. The second-order valence-corrected chi connectivity index (χ2v) is 4.72. The SMILES string of the molecule is COc1c(CCCN)c(C)nn1-c1cccc(C)c1. The minimum Gasteiger partial charge on any atom is -0.481 e. The molecule has 0 saturated carbocycles. The van der Waals surface area contributed by atoms with Gasteiger partial charge in [0.15, 0.2) is 0 Å². The van der Waals surface area contributed by atoms with Crippen LogP contribution >= 0.6 is 0 Å². The van der Waals surface area contributed by atoms with E-state index in [0.717, 1.165) is 35.7 Å². The Morgan fingerprint density at radius 2 is 2.11 bits per heavy atom. The molecule has 4 nitrogen and oxygen atoms in total. The van der Waals surface area contributed by atoms with Gasteiger partial charge in [0, 0.05) is 5.56 Å². The largest absolute Gasteiger partial charge is 0.481 e. The van der Waals surface area contributed by atoms with Crippen LogP contribution in [0.1, 0.15) is 23.2 Å². The first-order valence-electron chi connectivity index (χ1n) is 6.57. The van der Waals surface area contributed by atoms with Gasteiger partial charge >= 0.3 is 0 Å². The lowest BCUT2D eigenvalue weighted by molar-refractivity contribution is 0.379. The van der Waals surface area contributed by atoms with Crippen LogP contribution in [-0.4, -0.2) is 23.4 Å². The third kappa shape index (κ3) is 2.79. The highest BCUT2D eigenvalue weighted by atomic mass is 16.5. The maximum Gasteiger partial charge on any atom is 0.219 e. The molecule has 0 spiro atoms. The Morgan fingerprint density at radius 3 is 2.74 bits per heavy atom. The molecule has 1 aromatic heterocycles. The van der Waals surface area contributed by atoms with Crippen molar-refractivity contribution in [1.82, 2.24) is 9.78 Å². The van der Waals surface area contributed by atoms with Gasteiger partial charge in [-0.25, -0.2) is 4.68 Å². The van der Waals surface area contributed by atoms with Gasteiger partial charge in [0.1, 0.15) is 0 Å². The molecule has 2 aromatic rings. The zero-order chi connectivity index (χ0) is 13.8. The van der Waals surface area contributed by atoms with Crippen LogP contribution in [-0.2, 0) is 6.42 Å². The summed E-state index contributed by atoms with van der Waals surface area (Å²) in [4.78, 5) is 0. The molecule has 0 aliphatic carbocycles. The van der Waals surface area contributed by atoms with Gasteiger partial charge in [-0.2, -0.15) is 5.10 Å².